The average molecular weight is 366 g/mol. The molecule has 0 spiro atoms. The Hall–Kier alpha value is -1.31. The van der Waals surface area contributed by atoms with Crippen LogP contribution < -0.4 is 5.32 Å². The monoisotopic (exact) mass is 364 g/mol. The van der Waals surface area contributed by atoms with Crippen molar-refractivity contribution in [3.8, 4) is 6.07 Å². The topological polar surface area (TPSA) is 35.8 Å². The van der Waals surface area contributed by atoms with Crippen LogP contribution >= 0.6 is 31.9 Å². The van der Waals surface area contributed by atoms with Crippen LogP contribution in [0.1, 0.15) is 11.1 Å². The number of hydrogen-bond acceptors (Lipinski definition) is 2. The first-order valence-electron chi connectivity index (χ1n) is 5.33. The third-order valence-corrected chi connectivity index (χ3v) is 4.11. The Balaban J connectivity index is 2.43. The molecule has 4 heteroatoms. The molecule has 0 aliphatic rings. The number of nitrogens with zero attached hydrogens (tertiary/aromatic N) is 1. The number of hydrogen-bond donors (Lipinski definition) is 1. The lowest BCUT2D eigenvalue weighted by atomic mass is 10.1. The van der Waals surface area contributed by atoms with Crippen LogP contribution in [0.4, 0.5) is 11.4 Å². The second-order valence-corrected chi connectivity index (χ2v) is 5.57. The Kier molecular flexibility index (Phi) is 4.05. The minimum absolute atomic E-state index is 0.617. The fraction of sp³-hybridized carbons (Fsp3) is 0.0714. The summed E-state index contributed by atoms with van der Waals surface area (Å²) in [4.78, 5) is 0. The number of nitriles is 1. The zero-order chi connectivity index (χ0) is 13.1. The maximum Gasteiger partial charge on any atom is 0.101 e. The molecule has 0 unspecified atom stereocenters. The van der Waals surface area contributed by atoms with Gasteiger partial charge < -0.3 is 5.32 Å². The first-order chi connectivity index (χ1) is 8.61. The highest BCUT2D eigenvalue weighted by molar-refractivity contribution is 9.11. The molecule has 90 valence electrons. The summed E-state index contributed by atoms with van der Waals surface area (Å²) in [5, 5.41) is 12.4. The van der Waals surface area contributed by atoms with Crippen LogP contribution in [0, 0.1) is 18.3 Å². The van der Waals surface area contributed by atoms with Crippen molar-refractivity contribution in [3.05, 3.63) is 56.5 Å². The first-order valence-corrected chi connectivity index (χ1v) is 6.92. The third kappa shape index (κ3) is 2.74. The summed E-state index contributed by atoms with van der Waals surface area (Å²) >= 11 is 6.96. The predicted molar refractivity (Wildman–Crippen MR) is 81.0 cm³/mol. The molecule has 1 N–H and O–H groups in total. The van der Waals surface area contributed by atoms with Crippen molar-refractivity contribution in [2.75, 3.05) is 5.32 Å². The zero-order valence-electron chi connectivity index (χ0n) is 9.67. The molecule has 0 atom stereocenters. The van der Waals surface area contributed by atoms with E-state index in [1.54, 1.807) is 6.07 Å². The molecule has 2 rings (SSSR count). The van der Waals surface area contributed by atoms with E-state index in [4.69, 9.17) is 5.26 Å². The molecule has 0 heterocycles. The van der Waals surface area contributed by atoms with E-state index in [-0.39, 0.29) is 0 Å². The highest BCUT2D eigenvalue weighted by Crippen LogP contribution is 2.31. The fourth-order valence-electron chi connectivity index (χ4n) is 1.61. The third-order valence-electron chi connectivity index (χ3n) is 2.56. The van der Waals surface area contributed by atoms with E-state index in [0.717, 1.165) is 25.9 Å². The number of rotatable bonds is 2. The summed E-state index contributed by atoms with van der Waals surface area (Å²) in [6.07, 6.45) is 0. The Morgan fingerprint density at radius 3 is 2.61 bits per heavy atom. The van der Waals surface area contributed by atoms with Crippen LogP contribution in [0.3, 0.4) is 0 Å². The molecule has 18 heavy (non-hydrogen) atoms. The van der Waals surface area contributed by atoms with E-state index in [1.807, 2.05) is 37.3 Å². The second kappa shape index (κ2) is 5.55. The number of anilines is 2. The van der Waals surface area contributed by atoms with Gasteiger partial charge in [0, 0.05) is 8.95 Å². The molecule has 2 aromatic carbocycles. The van der Waals surface area contributed by atoms with Crippen LogP contribution in [-0.2, 0) is 0 Å². The molecule has 0 radical (unpaired) electrons. The quantitative estimate of drug-likeness (QED) is 0.800. The van der Waals surface area contributed by atoms with Crippen LogP contribution in [0.25, 0.3) is 0 Å². The van der Waals surface area contributed by atoms with Gasteiger partial charge in [0.05, 0.1) is 16.9 Å². The van der Waals surface area contributed by atoms with E-state index in [1.165, 1.54) is 0 Å². The van der Waals surface area contributed by atoms with Crippen molar-refractivity contribution in [1.29, 1.82) is 5.26 Å². The van der Waals surface area contributed by atoms with Crippen molar-refractivity contribution < 1.29 is 0 Å². The molecule has 0 saturated carbocycles. The SMILES string of the molecule is Cc1cccc(Nc2cc(Br)ccc2C#N)c1Br. The van der Waals surface area contributed by atoms with E-state index in [9.17, 15) is 0 Å². The molecule has 0 saturated heterocycles. The van der Waals surface area contributed by atoms with Crippen molar-refractivity contribution in [3.63, 3.8) is 0 Å². The van der Waals surface area contributed by atoms with E-state index in [0.29, 0.717) is 5.56 Å². The highest BCUT2D eigenvalue weighted by Gasteiger charge is 2.06. The van der Waals surface area contributed by atoms with Gasteiger partial charge in [0.15, 0.2) is 0 Å². The van der Waals surface area contributed by atoms with Gasteiger partial charge >= 0.3 is 0 Å². The van der Waals surface area contributed by atoms with Crippen LogP contribution in [0.15, 0.2) is 45.3 Å². The fourth-order valence-corrected chi connectivity index (χ4v) is 2.33. The summed E-state index contributed by atoms with van der Waals surface area (Å²) in [5.74, 6) is 0. The summed E-state index contributed by atoms with van der Waals surface area (Å²) in [7, 11) is 0. The standard InChI is InChI=1S/C14H10Br2N2/c1-9-3-2-4-12(14(9)16)18-13-7-11(15)6-5-10(13)8-17/h2-7,18H,1H3. The van der Waals surface area contributed by atoms with Crippen molar-refractivity contribution in [2.45, 2.75) is 6.92 Å². The number of aryl methyl sites for hydroxylation is 1. The van der Waals surface area contributed by atoms with Crippen molar-refractivity contribution in [1.82, 2.24) is 0 Å². The van der Waals surface area contributed by atoms with Crippen LogP contribution in [0.2, 0.25) is 0 Å². The highest BCUT2D eigenvalue weighted by atomic mass is 79.9. The summed E-state index contributed by atoms with van der Waals surface area (Å²) in [6.45, 7) is 2.03. The van der Waals surface area contributed by atoms with Crippen LogP contribution in [-0.4, -0.2) is 0 Å². The molecule has 2 aromatic rings. The van der Waals surface area contributed by atoms with Crippen molar-refractivity contribution >= 4 is 43.2 Å². The number of halogens is 2. The van der Waals surface area contributed by atoms with Crippen molar-refractivity contribution in [2.24, 2.45) is 0 Å². The molecule has 0 aliphatic heterocycles. The van der Waals surface area contributed by atoms with Gasteiger partial charge in [-0.1, -0.05) is 28.1 Å². The summed E-state index contributed by atoms with van der Waals surface area (Å²) in [5.41, 5.74) is 3.50. The van der Waals surface area contributed by atoms with Gasteiger partial charge in [-0.05, 0) is 52.7 Å². The zero-order valence-corrected chi connectivity index (χ0v) is 12.8. The molecule has 2 nitrogen and oxygen atoms in total. The molecular formula is C14H10Br2N2. The molecule has 0 aromatic heterocycles. The minimum Gasteiger partial charge on any atom is -0.353 e. The summed E-state index contributed by atoms with van der Waals surface area (Å²) in [6, 6.07) is 13.7. The van der Waals surface area contributed by atoms with Gasteiger partial charge in [0.1, 0.15) is 6.07 Å². The average Bonchev–Trinajstić information content (AvgIpc) is 2.35. The normalized spacial score (nSPS) is 9.89. The lowest BCUT2D eigenvalue weighted by molar-refractivity contribution is 1.40. The predicted octanol–water partition coefficient (Wildman–Crippen LogP) is 5.14. The van der Waals surface area contributed by atoms with Gasteiger partial charge in [-0.15, -0.1) is 0 Å². The van der Waals surface area contributed by atoms with E-state index in [2.05, 4.69) is 43.2 Å². The molecule has 0 aliphatic carbocycles. The Morgan fingerprint density at radius 2 is 1.89 bits per heavy atom. The minimum atomic E-state index is 0.617. The largest absolute Gasteiger partial charge is 0.353 e. The number of nitrogens with one attached hydrogen (secondary N) is 1. The molecule has 0 amide bonds. The van der Waals surface area contributed by atoms with E-state index >= 15 is 0 Å². The lowest BCUT2D eigenvalue weighted by Gasteiger charge is -2.11. The molecular weight excluding hydrogens is 356 g/mol. The first kappa shape index (κ1) is 13.1. The maximum absolute atomic E-state index is 9.09. The van der Waals surface area contributed by atoms with Crippen LogP contribution in [0.5, 0.6) is 0 Å². The second-order valence-electron chi connectivity index (χ2n) is 3.86. The number of benzene rings is 2. The lowest BCUT2D eigenvalue weighted by Crippen LogP contribution is -1.95. The maximum atomic E-state index is 9.09. The smallest absolute Gasteiger partial charge is 0.101 e. The van der Waals surface area contributed by atoms with Gasteiger partial charge in [-0.3, -0.25) is 0 Å². The Morgan fingerprint density at radius 1 is 1.11 bits per heavy atom. The Labute approximate surface area is 123 Å². The van der Waals surface area contributed by atoms with Gasteiger partial charge in [0.25, 0.3) is 0 Å². The molecule has 0 fully saturated rings. The Bertz CT molecular complexity index is 630. The summed E-state index contributed by atoms with van der Waals surface area (Å²) < 4.78 is 1.95. The molecule has 0 bridgehead atoms. The van der Waals surface area contributed by atoms with Gasteiger partial charge in [-0.25, -0.2) is 0 Å². The van der Waals surface area contributed by atoms with E-state index < -0.39 is 0 Å². The van der Waals surface area contributed by atoms with Gasteiger partial charge in [0.2, 0.25) is 0 Å². The van der Waals surface area contributed by atoms with Gasteiger partial charge in [-0.2, -0.15) is 5.26 Å².